The molecule has 0 aromatic rings. The van der Waals surface area contributed by atoms with Crippen LogP contribution >= 0.6 is 15.6 Å². The van der Waals surface area contributed by atoms with Crippen molar-refractivity contribution < 1.29 is 18.3 Å². The average Bonchev–Trinajstić information content (AvgIpc) is 1.87. The number of hydrogen-bond donors (Lipinski definition) is 1. The normalized spacial score (nSPS) is 13.3. The molecule has 1 unspecified atom stereocenters. The van der Waals surface area contributed by atoms with Crippen molar-refractivity contribution in [1.82, 2.24) is 0 Å². The summed E-state index contributed by atoms with van der Waals surface area (Å²) >= 11 is 0. The predicted octanol–water partition coefficient (Wildman–Crippen LogP) is 1.97. The molecule has 0 heterocycles. The molecule has 1 N–H and O–H groups in total. The largest absolute Gasteiger partial charge is 0.701 e. The van der Waals surface area contributed by atoms with Crippen molar-refractivity contribution in [2.45, 2.75) is 13.8 Å². The van der Waals surface area contributed by atoms with Gasteiger partial charge in [-0.1, -0.05) is 18.2 Å². The maximum atomic E-state index is 11.2. The summed E-state index contributed by atoms with van der Waals surface area (Å²) < 4.78 is 25.6. The molecule has 0 aliphatic carbocycles. The van der Waals surface area contributed by atoms with E-state index in [-0.39, 0.29) is 0 Å². The predicted molar refractivity (Wildman–Crippen MR) is 39.6 cm³/mol. The van der Waals surface area contributed by atoms with Crippen LogP contribution in [0.1, 0.15) is 13.8 Å². The van der Waals surface area contributed by atoms with E-state index in [1.54, 1.807) is 13.8 Å². The van der Waals surface area contributed by atoms with Crippen molar-refractivity contribution in [2.75, 3.05) is 12.3 Å². The fourth-order valence-electron chi connectivity index (χ4n) is 0.466. The number of hydrogen-bond acceptors (Lipinski definition) is 3. The fraction of sp³-hybridized carbons (Fsp3) is 1.00. The Morgan fingerprint density at radius 3 is 2.00 bits per heavy atom. The monoisotopic (exact) mass is 185 g/mol. The topological polar surface area (TPSA) is 63.6 Å². The van der Waals surface area contributed by atoms with E-state index in [9.17, 15) is 9.13 Å². The van der Waals surface area contributed by atoms with Gasteiger partial charge in [-0.05, 0) is 0 Å². The molecule has 60 valence electrons. The summed E-state index contributed by atoms with van der Waals surface area (Å²) in [4.78, 5) is 8.27. The van der Waals surface area contributed by atoms with Crippen LogP contribution in [-0.2, 0) is 13.4 Å². The standard InChI is InChI=1S/C4H10O4P2/c1-3-10(7,4-2)8-9(5)6/h3-4H2,1-2H3/p+1. The van der Waals surface area contributed by atoms with Gasteiger partial charge in [-0.25, -0.2) is 0 Å². The van der Waals surface area contributed by atoms with Crippen LogP contribution in [0.4, 0.5) is 0 Å². The molecule has 0 rings (SSSR count). The highest BCUT2D eigenvalue weighted by molar-refractivity contribution is 7.64. The highest BCUT2D eigenvalue weighted by Gasteiger charge is 2.30. The van der Waals surface area contributed by atoms with Gasteiger partial charge in [0.2, 0.25) is 0 Å². The molecular weight excluding hydrogens is 174 g/mol. The van der Waals surface area contributed by atoms with Gasteiger partial charge in [-0.2, -0.15) is 0 Å². The van der Waals surface area contributed by atoms with Gasteiger partial charge < -0.3 is 0 Å². The van der Waals surface area contributed by atoms with Crippen LogP contribution in [0.25, 0.3) is 0 Å². The van der Waals surface area contributed by atoms with Crippen LogP contribution in [0.3, 0.4) is 0 Å². The first-order valence-corrected chi connectivity index (χ1v) is 6.10. The molecule has 4 nitrogen and oxygen atoms in total. The molecule has 0 saturated heterocycles. The fourth-order valence-corrected chi connectivity index (χ4v) is 2.86. The summed E-state index contributed by atoms with van der Waals surface area (Å²) in [6.45, 7) is 3.34. The SMILES string of the molecule is CCP(=O)(CC)O[P+](=O)O. The molecule has 0 fully saturated rings. The lowest BCUT2D eigenvalue weighted by atomic mass is 11.0. The second-order valence-electron chi connectivity index (χ2n) is 1.77. The maximum Gasteiger partial charge on any atom is 0.701 e. The first kappa shape index (κ1) is 10.2. The minimum Gasteiger partial charge on any atom is -0.288 e. The van der Waals surface area contributed by atoms with Crippen molar-refractivity contribution >= 4 is 15.6 Å². The molecule has 0 spiro atoms. The van der Waals surface area contributed by atoms with E-state index in [1.807, 2.05) is 0 Å². The molecule has 0 bridgehead atoms. The highest BCUT2D eigenvalue weighted by atomic mass is 31.2. The molecule has 0 aliphatic heterocycles. The summed E-state index contributed by atoms with van der Waals surface area (Å²) in [7, 11) is -5.48. The third-order valence-corrected chi connectivity index (χ3v) is 4.86. The van der Waals surface area contributed by atoms with E-state index in [4.69, 9.17) is 4.89 Å². The van der Waals surface area contributed by atoms with Crippen LogP contribution in [0.15, 0.2) is 0 Å². The Morgan fingerprint density at radius 2 is 1.90 bits per heavy atom. The third kappa shape index (κ3) is 3.43. The Labute approximate surface area is 61.0 Å². The van der Waals surface area contributed by atoms with E-state index < -0.39 is 15.6 Å². The van der Waals surface area contributed by atoms with E-state index >= 15 is 0 Å². The molecule has 6 heteroatoms. The zero-order valence-corrected chi connectivity index (χ0v) is 7.77. The first-order valence-electron chi connectivity index (χ1n) is 2.98. The van der Waals surface area contributed by atoms with Gasteiger partial charge in [0.15, 0.2) is 0 Å². The summed E-state index contributed by atoms with van der Waals surface area (Å²) in [5.41, 5.74) is 0. The van der Waals surface area contributed by atoms with Crippen molar-refractivity contribution in [2.24, 2.45) is 0 Å². The van der Waals surface area contributed by atoms with Gasteiger partial charge in [-0.15, -0.1) is 4.89 Å². The van der Waals surface area contributed by atoms with Crippen molar-refractivity contribution in [3.05, 3.63) is 0 Å². The summed E-state index contributed by atoms with van der Waals surface area (Å²) in [5.74, 6) is 0. The van der Waals surface area contributed by atoms with Crippen LogP contribution in [0, 0.1) is 0 Å². The summed E-state index contributed by atoms with van der Waals surface area (Å²) in [5, 5.41) is 0. The van der Waals surface area contributed by atoms with Crippen molar-refractivity contribution in [3.8, 4) is 0 Å². The maximum absolute atomic E-state index is 11.2. The molecule has 0 amide bonds. The van der Waals surface area contributed by atoms with Crippen LogP contribution < -0.4 is 0 Å². The van der Waals surface area contributed by atoms with Crippen LogP contribution in [-0.4, -0.2) is 17.2 Å². The highest BCUT2D eigenvalue weighted by Crippen LogP contribution is 2.52. The second kappa shape index (κ2) is 4.20. The van der Waals surface area contributed by atoms with E-state index in [2.05, 4.69) is 4.31 Å². The Bertz CT molecular complexity index is 159. The molecule has 0 aromatic carbocycles. The lowest BCUT2D eigenvalue weighted by Crippen LogP contribution is -1.89. The molecule has 1 atom stereocenters. The Balaban J connectivity index is 4.07. The first-order chi connectivity index (χ1) is 4.54. The zero-order chi connectivity index (χ0) is 8.20. The van der Waals surface area contributed by atoms with E-state index in [0.717, 1.165) is 0 Å². The zero-order valence-electron chi connectivity index (χ0n) is 5.98. The van der Waals surface area contributed by atoms with Gasteiger partial charge >= 0.3 is 8.25 Å². The van der Waals surface area contributed by atoms with Gasteiger partial charge in [0, 0.05) is 16.9 Å². The summed E-state index contributed by atoms with van der Waals surface area (Å²) in [6.07, 6.45) is 0.621. The molecular formula is C4H11O4P2+. The molecule has 0 radical (unpaired) electrons. The van der Waals surface area contributed by atoms with E-state index in [1.165, 1.54) is 0 Å². The van der Waals surface area contributed by atoms with Crippen LogP contribution in [0.5, 0.6) is 0 Å². The number of rotatable bonds is 4. The summed E-state index contributed by atoms with van der Waals surface area (Å²) in [6, 6.07) is 0. The van der Waals surface area contributed by atoms with Gasteiger partial charge in [0.05, 0.1) is 0 Å². The molecule has 10 heavy (non-hydrogen) atoms. The lowest BCUT2D eigenvalue weighted by Gasteiger charge is -2.02. The minimum atomic E-state index is -2.77. The molecule has 0 saturated carbocycles. The van der Waals surface area contributed by atoms with Gasteiger partial charge in [-0.3, -0.25) is 4.57 Å². The smallest absolute Gasteiger partial charge is 0.288 e. The van der Waals surface area contributed by atoms with Crippen molar-refractivity contribution in [1.29, 1.82) is 0 Å². The second-order valence-corrected chi connectivity index (χ2v) is 5.79. The van der Waals surface area contributed by atoms with Gasteiger partial charge in [0.25, 0.3) is 7.37 Å². The van der Waals surface area contributed by atoms with Gasteiger partial charge in [0.1, 0.15) is 0 Å². The molecule has 0 aromatic heterocycles. The Morgan fingerprint density at radius 1 is 1.50 bits per heavy atom. The Hall–Kier alpha value is 0.250. The Kier molecular flexibility index (Phi) is 4.30. The van der Waals surface area contributed by atoms with Crippen molar-refractivity contribution in [3.63, 3.8) is 0 Å². The third-order valence-electron chi connectivity index (χ3n) is 1.18. The quantitative estimate of drug-likeness (QED) is 0.680. The lowest BCUT2D eigenvalue weighted by molar-refractivity contribution is 0.403. The van der Waals surface area contributed by atoms with E-state index in [0.29, 0.717) is 12.3 Å². The average molecular weight is 185 g/mol. The van der Waals surface area contributed by atoms with Crippen LogP contribution in [0.2, 0.25) is 0 Å². The minimum absolute atomic E-state index is 0.311. The molecule has 0 aliphatic rings.